The molecule has 0 radical (unpaired) electrons. The zero-order chi connectivity index (χ0) is 20.4. The van der Waals surface area contributed by atoms with Crippen LogP contribution in [0.1, 0.15) is 13.8 Å². The highest BCUT2D eigenvalue weighted by Crippen LogP contribution is 2.45. The van der Waals surface area contributed by atoms with E-state index in [9.17, 15) is 4.79 Å². The molecule has 1 amide bonds. The molecule has 0 N–H and O–H groups in total. The van der Waals surface area contributed by atoms with Crippen molar-refractivity contribution >= 4 is 57.6 Å². The summed E-state index contributed by atoms with van der Waals surface area (Å²) in [6, 6.07) is 15.8. The fraction of sp³-hybridized carbons (Fsp3) is 0.182. The molecule has 4 rings (SSSR count). The monoisotopic (exact) mass is 441 g/mol. The van der Waals surface area contributed by atoms with Gasteiger partial charge >= 0.3 is 0 Å². The molecule has 148 valence electrons. The van der Waals surface area contributed by atoms with E-state index in [1.807, 2.05) is 43.3 Å². The maximum absolute atomic E-state index is 12.9. The number of rotatable bonds is 4. The fourth-order valence-electron chi connectivity index (χ4n) is 3.18. The van der Waals surface area contributed by atoms with E-state index in [1.54, 1.807) is 22.7 Å². The molecule has 0 spiro atoms. The minimum Gasteiger partial charge on any atom is -0.335 e. The van der Waals surface area contributed by atoms with E-state index in [-0.39, 0.29) is 5.91 Å². The fourth-order valence-corrected chi connectivity index (χ4v) is 5.48. The van der Waals surface area contributed by atoms with Gasteiger partial charge in [-0.15, -0.1) is 0 Å². The molecule has 2 aliphatic heterocycles. The van der Waals surface area contributed by atoms with Crippen LogP contribution in [0, 0.1) is 0 Å². The van der Waals surface area contributed by atoms with Crippen LogP contribution in [0.3, 0.4) is 0 Å². The Morgan fingerprint density at radius 1 is 0.966 bits per heavy atom. The lowest BCUT2D eigenvalue weighted by Gasteiger charge is -2.17. The Morgan fingerprint density at radius 3 is 2.45 bits per heavy atom. The number of amidine groups is 1. The second kappa shape index (κ2) is 8.69. The quantitative estimate of drug-likeness (QED) is 0.523. The Labute approximate surface area is 184 Å². The van der Waals surface area contributed by atoms with Crippen molar-refractivity contribution in [1.29, 1.82) is 0 Å². The first-order valence-electron chi connectivity index (χ1n) is 9.41. The van der Waals surface area contributed by atoms with Crippen molar-refractivity contribution in [2.75, 3.05) is 18.0 Å². The number of aliphatic imine (C=N–C) groups is 1. The number of halogens is 1. The van der Waals surface area contributed by atoms with E-state index in [0.717, 1.165) is 11.6 Å². The van der Waals surface area contributed by atoms with E-state index in [4.69, 9.17) is 11.6 Å². The number of fused-ring (bicyclic) bond motifs is 1. The number of para-hydroxylation sites is 2. The van der Waals surface area contributed by atoms with E-state index in [2.05, 4.69) is 35.0 Å². The first-order valence-corrected chi connectivity index (χ1v) is 11.4. The van der Waals surface area contributed by atoms with Crippen LogP contribution in [-0.2, 0) is 4.79 Å². The highest BCUT2D eigenvalue weighted by Gasteiger charge is 2.32. The van der Waals surface area contributed by atoms with Crippen LogP contribution < -0.4 is 4.90 Å². The SMILES string of the molecule is CCN1C(=O)/C(=C/C=C2/Sc3ccccc3N2CC)SC1=Nc1ccccc1Cl. The number of allylic oxidation sites excluding steroid dienone is 2. The lowest BCUT2D eigenvalue weighted by atomic mass is 10.3. The van der Waals surface area contributed by atoms with Gasteiger partial charge in [-0.05, 0) is 62.0 Å². The molecule has 2 heterocycles. The number of hydrogen-bond donors (Lipinski definition) is 0. The molecular formula is C22H20ClN3OS2. The minimum absolute atomic E-state index is 0.0243. The lowest BCUT2D eigenvalue weighted by molar-refractivity contribution is -0.122. The molecule has 0 bridgehead atoms. The third kappa shape index (κ3) is 3.97. The summed E-state index contributed by atoms with van der Waals surface area (Å²) < 4.78 is 0. The van der Waals surface area contributed by atoms with Gasteiger partial charge in [0.25, 0.3) is 5.91 Å². The normalized spacial score (nSPS) is 20.4. The van der Waals surface area contributed by atoms with Gasteiger partial charge in [0.1, 0.15) is 0 Å². The van der Waals surface area contributed by atoms with Crippen molar-refractivity contribution in [1.82, 2.24) is 4.90 Å². The smallest absolute Gasteiger partial charge is 0.266 e. The number of carbonyl (C=O) groups is 1. The highest BCUT2D eigenvalue weighted by molar-refractivity contribution is 8.18. The van der Waals surface area contributed by atoms with E-state index in [1.165, 1.54) is 22.3 Å². The molecule has 0 aliphatic carbocycles. The molecule has 29 heavy (non-hydrogen) atoms. The highest BCUT2D eigenvalue weighted by atomic mass is 35.5. The molecule has 7 heteroatoms. The molecule has 1 saturated heterocycles. The summed E-state index contributed by atoms with van der Waals surface area (Å²) >= 11 is 9.35. The molecule has 2 aromatic carbocycles. The summed E-state index contributed by atoms with van der Waals surface area (Å²) in [5.74, 6) is -0.0243. The third-order valence-corrected chi connectivity index (χ3v) is 7.08. The van der Waals surface area contributed by atoms with Crippen molar-refractivity contribution in [3.05, 3.63) is 75.6 Å². The summed E-state index contributed by atoms with van der Waals surface area (Å²) in [4.78, 5) is 23.3. The predicted molar refractivity (Wildman–Crippen MR) is 125 cm³/mol. The summed E-state index contributed by atoms with van der Waals surface area (Å²) in [5, 5.41) is 2.35. The van der Waals surface area contributed by atoms with Gasteiger partial charge in [-0.2, -0.15) is 0 Å². The molecular weight excluding hydrogens is 422 g/mol. The van der Waals surface area contributed by atoms with Crippen LogP contribution in [0.4, 0.5) is 11.4 Å². The number of anilines is 1. The first kappa shape index (κ1) is 20.1. The molecule has 1 fully saturated rings. The van der Waals surface area contributed by atoms with Gasteiger partial charge in [0.05, 0.1) is 26.3 Å². The van der Waals surface area contributed by atoms with Gasteiger partial charge in [0, 0.05) is 18.0 Å². The van der Waals surface area contributed by atoms with Crippen LogP contribution in [-0.4, -0.2) is 29.1 Å². The average Bonchev–Trinajstić information content (AvgIpc) is 3.24. The summed E-state index contributed by atoms with van der Waals surface area (Å²) in [5.41, 5.74) is 1.88. The zero-order valence-electron chi connectivity index (χ0n) is 16.1. The number of likely N-dealkylation sites (N-methyl/N-ethyl adjacent to an activating group) is 1. The maximum atomic E-state index is 12.9. The third-order valence-electron chi connectivity index (χ3n) is 4.60. The number of nitrogens with zero attached hydrogens (tertiary/aromatic N) is 3. The second-order valence-corrected chi connectivity index (χ2v) is 8.83. The Hall–Kier alpha value is -2.15. The Bertz CT molecular complexity index is 1050. The summed E-state index contributed by atoms with van der Waals surface area (Å²) in [7, 11) is 0. The Balaban J connectivity index is 1.62. The largest absolute Gasteiger partial charge is 0.335 e. The molecule has 2 aliphatic rings. The average molecular weight is 442 g/mol. The van der Waals surface area contributed by atoms with Crippen molar-refractivity contribution in [3.63, 3.8) is 0 Å². The molecule has 0 saturated carbocycles. The van der Waals surface area contributed by atoms with E-state index < -0.39 is 0 Å². The van der Waals surface area contributed by atoms with Gasteiger partial charge in [-0.1, -0.05) is 47.6 Å². The van der Waals surface area contributed by atoms with Gasteiger partial charge in [0.2, 0.25) is 0 Å². The number of carbonyl (C=O) groups excluding carboxylic acids is 1. The van der Waals surface area contributed by atoms with E-state index >= 15 is 0 Å². The van der Waals surface area contributed by atoms with Gasteiger partial charge in [-0.3, -0.25) is 9.69 Å². The standard InChI is InChI=1S/C22H20ClN3OS2/c1-3-25-17-11-7-8-12-18(17)28-20(25)14-13-19-21(27)26(4-2)22(29-19)24-16-10-6-5-9-15(16)23/h5-14H,3-4H2,1-2H3/b19-13-,20-14+,24-22?. The van der Waals surface area contributed by atoms with Crippen molar-refractivity contribution < 1.29 is 4.79 Å². The summed E-state index contributed by atoms with van der Waals surface area (Å²) in [6.07, 6.45) is 3.93. The maximum Gasteiger partial charge on any atom is 0.266 e. The van der Waals surface area contributed by atoms with Crippen LogP contribution in [0.5, 0.6) is 0 Å². The lowest BCUT2D eigenvalue weighted by Crippen LogP contribution is -2.28. The first-order chi connectivity index (χ1) is 14.1. The second-order valence-electron chi connectivity index (χ2n) is 6.35. The number of benzene rings is 2. The van der Waals surface area contributed by atoms with Crippen molar-refractivity contribution in [2.24, 2.45) is 4.99 Å². The number of thioether (sulfide) groups is 2. The van der Waals surface area contributed by atoms with Crippen LogP contribution in [0.15, 0.2) is 80.5 Å². The van der Waals surface area contributed by atoms with Crippen LogP contribution in [0.25, 0.3) is 0 Å². The predicted octanol–water partition coefficient (Wildman–Crippen LogP) is 6.28. The van der Waals surface area contributed by atoms with Crippen LogP contribution in [0.2, 0.25) is 5.02 Å². The summed E-state index contributed by atoms with van der Waals surface area (Å²) in [6.45, 7) is 5.52. The zero-order valence-corrected chi connectivity index (χ0v) is 18.5. The van der Waals surface area contributed by atoms with E-state index in [0.29, 0.717) is 27.3 Å². The van der Waals surface area contributed by atoms with Crippen LogP contribution >= 0.6 is 35.1 Å². The number of hydrogen-bond acceptors (Lipinski definition) is 5. The topological polar surface area (TPSA) is 35.9 Å². The molecule has 0 unspecified atom stereocenters. The van der Waals surface area contributed by atoms with Crippen molar-refractivity contribution in [2.45, 2.75) is 18.7 Å². The Kier molecular flexibility index (Phi) is 6.04. The van der Waals surface area contributed by atoms with Gasteiger partial charge in [-0.25, -0.2) is 4.99 Å². The van der Waals surface area contributed by atoms with Gasteiger partial charge < -0.3 is 4.90 Å². The number of amides is 1. The van der Waals surface area contributed by atoms with Gasteiger partial charge in [0.15, 0.2) is 5.17 Å². The molecule has 2 aromatic rings. The van der Waals surface area contributed by atoms with Crippen molar-refractivity contribution in [3.8, 4) is 0 Å². The Morgan fingerprint density at radius 2 is 1.69 bits per heavy atom. The molecule has 0 atom stereocenters. The molecule has 0 aromatic heterocycles. The molecule has 4 nitrogen and oxygen atoms in total. The minimum atomic E-state index is -0.0243.